The minimum absolute atomic E-state index is 0.171. The molecule has 0 saturated carbocycles. The number of hydrogen-bond acceptors (Lipinski definition) is 5. The summed E-state index contributed by atoms with van der Waals surface area (Å²) >= 11 is 0. The molecule has 120 valence electrons. The van der Waals surface area contributed by atoms with Crippen molar-refractivity contribution >= 4 is 9.84 Å². The van der Waals surface area contributed by atoms with Crippen LogP contribution in [0, 0.1) is 27.7 Å². The minimum atomic E-state index is -3.47. The Morgan fingerprint density at radius 3 is 2.41 bits per heavy atom. The number of benzene rings is 1. The topological polar surface area (TPSA) is 80.4 Å². The summed E-state index contributed by atoms with van der Waals surface area (Å²) in [5, 5.41) is 14.0. The van der Waals surface area contributed by atoms with Crippen molar-refractivity contribution in [2.45, 2.75) is 39.6 Å². The van der Waals surface area contributed by atoms with Gasteiger partial charge in [-0.1, -0.05) is 23.4 Å². The van der Waals surface area contributed by atoms with Gasteiger partial charge in [-0.05, 0) is 44.4 Å². The molecule has 0 amide bonds. The number of nitrogens with zero attached hydrogens (tertiary/aromatic N) is 1. The Hall–Kier alpha value is -1.66. The van der Waals surface area contributed by atoms with Crippen molar-refractivity contribution in [3.63, 3.8) is 0 Å². The van der Waals surface area contributed by atoms with E-state index >= 15 is 0 Å². The van der Waals surface area contributed by atoms with Gasteiger partial charge in [-0.2, -0.15) is 0 Å². The zero-order chi connectivity index (χ0) is 16.5. The molecule has 6 heteroatoms. The van der Waals surface area contributed by atoms with Gasteiger partial charge in [-0.3, -0.25) is 0 Å². The summed E-state index contributed by atoms with van der Waals surface area (Å²) in [5.74, 6) is 0.0112. The summed E-state index contributed by atoms with van der Waals surface area (Å²) < 4.78 is 29.6. The molecule has 1 N–H and O–H groups in total. The van der Waals surface area contributed by atoms with E-state index in [-0.39, 0.29) is 11.5 Å². The van der Waals surface area contributed by atoms with Crippen LogP contribution >= 0.6 is 0 Å². The van der Waals surface area contributed by atoms with Crippen molar-refractivity contribution in [2.24, 2.45) is 0 Å². The molecule has 0 aliphatic carbocycles. The Balaban J connectivity index is 2.16. The van der Waals surface area contributed by atoms with Gasteiger partial charge in [-0.25, -0.2) is 8.42 Å². The Kier molecular flexibility index (Phi) is 4.72. The molecule has 0 bridgehead atoms. The molecule has 1 atom stereocenters. The molecule has 1 heterocycles. The number of aliphatic hydroxyl groups is 1. The van der Waals surface area contributed by atoms with Crippen molar-refractivity contribution in [3.05, 3.63) is 51.9 Å². The van der Waals surface area contributed by atoms with Gasteiger partial charge in [0, 0.05) is 5.56 Å². The highest BCUT2D eigenvalue weighted by Gasteiger charge is 2.23. The lowest BCUT2D eigenvalue weighted by Gasteiger charge is -2.13. The molecule has 0 aliphatic rings. The number of aliphatic hydroxyl groups excluding tert-OH is 1. The summed E-state index contributed by atoms with van der Waals surface area (Å²) in [6.07, 6.45) is -1.04. The first-order valence-corrected chi connectivity index (χ1v) is 8.89. The number of rotatable bonds is 5. The maximum Gasteiger partial charge on any atom is 0.157 e. The van der Waals surface area contributed by atoms with Crippen LogP contribution in [-0.2, 0) is 15.6 Å². The highest BCUT2D eigenvalue weighted by Crippen LogP contribution is 2.22. The third-order valence-electron chi connectivity index (χ3n) is 3.87. The van der Waals surface area contributed by atoms with E-state index in [4.69, 9.17) is 4.52 Å². The summed E-state index contributed by atoms with van der Waals surface area (Å²) in [4.78, 5) is 0. The Labute approximate surface area is 130 Å². The molecular weight excluding hydrogens is 302 g/mol. The Morgan fingerprint density at radius 2 is 1.86 bits per heavy atom. The largest absolute Gasteiger partial charge is 0.387 e. The highest BCUT2D eigenvalue weighted by molar-refractivity contribution is 7.90. The summed E-state index contributed by atoms with van der Waals surface area (Å²) in [7, 11) is -3.47. The molecule has 2 rings (SSSR count). The van der Waals surface area contributed by atoms with Crippen LogP contribution in [-0.4, -0.2) is 24.4 Å². The third-order valence-corrected chi connectivity index (χ3v) is 5.43. The predicted molar refractivity (Wildman–Crippen MR) is 84.3 cm³/mol. The van der Waals surface area contributed by atoms with Crippen LogP contribution in [0.15, 0.2) is 22.7 Å². The van der Waals surface area contributed by atoms with Gasteiger partial charge in [0.25, 0.3) is 0 Å². The molecule has 0 unspecified atom stereocenters. The average Bonchev–Trinajstić information content (AvgIpc) is 2.72. The second-order valence-corrected chi connectivity index (χ2v) is 7.83. The molecule has 0 fully saturated rings. The van der Waals surface area contributed by atoms with Crippen LogP contribution in [0.3, 0.4) is 0 Å². The van der Waals surface area contributed by atoms with Crippen molar-refractivity contribution in [2.75, 3.05) is 5.75 Å². The lowest BCUT2D eigenvalue weighted by atomic mass is 10.0. The van der Waals surface area contributed by atoms with Crippen LogP contribution in [0.25, 0.3) is 0 Å². The zero-order valence-corrected chi connectivity index (χ0v) is 14.1. The molecular formula is C16H21NO4S. The fourth-order valence-electron chi connectivity index (χ4n) is 2.30. The first-order valence-electron chi connectivity index (χ1n) is 7.07. The van der Waals surface area contributed by atoms with Crippen LogP contribution in [0.4, 0.5) is 0 Å². The fourth-order valence-corrected chi connectivity index (χ4v) is 3.94. The van der Waals surface area contributed by atoms with Gasteiger partial charge in [0.05, 0.1) is 23.3 Å². The van der Waals surface area contributed by atoms with Gasteiger partial charge >= 0.3 is 0 Å². The molecule has 0 saturated heterocycles. The zero-order valence-electron chi connectivity index (χ0n) is 13.3. The smallest absolute Gasteiger partial charge is 0.157 e. The van der Waals surface area contributed by atoms with Gasteiger partial charge in [0.1, 0.15) is 5.76 Å². The van der Waals surface area contributed by atoms with E-state index in [1.807, 2.05) is 26.0 Å². The van der Waals surface area contributed by atoms with E-state index in [2.05, 4.69) is 5.16 Å². The van der Waals surface area contributed by atoms with Crippen LogP contribution in [0.1, 0.15) is 39.8 Å². The van der Waals surface area contributed by atoms with Gasteiger partial charge in [-0.15, -0.1) is 0 Å². The molecule has 1 aromatic heterocycles. The fraction of sp³-hybridized carbons (Fsp3) is 0.438. The maximum atomic E-state index is 12.3. The summed E-state index contributed by atoms with van der Waals surface area (Å²) in [6.45, 7) is 7.30. The lowest BCUT2D eigenvalue weighted by Crippen LogP contribution is -2.17. The van der Waals surface area contributed by atoms with Crippen molar-refractivity contribution < 1.29 is 18.0 Å². The summed E-state index contributed by atoms with van der Waals surface area (Å²) in [5.41, 5.74) is 3.90. The molecule has 0 aliphatic heterocycles. The van der Waals surface area contributed by atoms with E-state index in [0.717, 1.165) is 11.1 Å². The Morgan fingerprint density at radius 1 is 1.18 bits per heavy atom. The monoisotopic (exact) mass is 323 g/mol. The highest BCUT2D eigenvalue weighted by atomic mass is 32.2. The SMILES string of the molecule is Cc1ccc([C@H](O)CS(=O)(=O)Cc2c(C)noc2C)cc1C. The second kappa shape index (κ2) is 6.22. The number of hydrogen-bond donors (Lipinski definition) is 1. The van der Waals surface area contributed by atoms with Crippen LogP contribution < -0.4 is 0 Å². The molecule has 5 nitrogen and oxygen atoms in total. The standard InChI is InChI=1S/C16H21NO4S/c1-10-5-6-14(7-11(10)2)16(18)9-22(19,20)8-15-12(3)17-21-13(15)4/h5-7,16,18H,8-9H2,1-4H3/t16-/m1/s1. The van der Waals surface area contributed by atoms with Crippen LogP contribution in [0.2, 0.25) is 0 Å². The predicted octanol–water partition coefficient (Wildman–Crippen LogP) is 2.56. The Bertz CT molecular complexity index is 758. The van der Waals surface area contributed by atoms with Crippen molar-refractivity contribution in [1.29, 1.82) is 0 Å². The maximum absolute atomic E-state index is 12.3. The summed E-state index contributed by atoms with van der Waals surface area (Å²) in [6, 6.07) is 5.47. The van der Waals surface area contributed by atoms with E-state index < -0.39 is 15.9 Å². The molecule has 2 aromatic rings. The van der Waals surface area contributed by atoms with E-state index in [9.17, 15) is 13.5 Å². The quantitative estimate of drug-likeness (QED) is 0.914. The third kappa shape index (κ3) is 3.75. The number of aryl methyl sites for hydroxylation is 4. The first-order chi connectivity index (χ1) is 10.2. The molecule has 0 radical (unpaired) electrons. The van der Waals surface area contributed by atoms with Crippen molar-refractivity contribution in [3.8, 4) is 0 Å². The number of aromatic nitrogens is 1. The number of sulfone groups is 1. The van der Waals surface area contributed by atoms with Crippen molar-refractivity contribution in [1.82, 2.24) is 5.16 Å². The van der Waals surface area contributed by atoms with Gasteiger partial charge in [0.2, 0.25) is 0 Å². The van der Waals surface area contributed by atoms with E-state index in [0.29, 0.717) is 22.6 Å². The molecule has 22 heavy (non-hydrogen) atoms. The molecule has 1 aromatic carbocycles. The minimum Gasteiger partial charge on any atom is -0.387 e. The normalized spacial score (nSPS) is 13.3. The second-order valence-electron chi connectivity index (χ2n) is 5.72. The van der Waals surface area contributed by atoms with E-state index in [1.165, 1.54) is 0 Å². The first kappa shape index (κ1) is 16.7. The van der Waals surface area contributed by atoms with Gasteiger partial charge < -0.3 is 9.63 Å². The van der Waals surface area contributed by atoms with E-state index in [1.54, 1.807) is 19.9 Å². The average molecular weight is 323 g/mol. The van der Waals surface area contributed by atoms with Crippen LogP contribution in [0.5, 0.6) is 0 Å². The molecule has 0 spiro atoms. The lowest BCUT2D eigenvalue weighted by molar-refractivity contribution is 0.201. The van der Waals surface area contributed by atoms with Gasteiger partial charge in [0.15, 0.2) is 9.84 Å².